The van der Waals surface area contributed by atoms with Crippen molar-refractivity contribution in [1.29, 1.82) is 0 Å². The molecule has 1 fully saturated rings. The quantitative estimate of drug-likeness (QED) is 0.847. The molecule has 1 heterocycles. The van der Waals surface area contributed by atoms with E-state index in [1.54, 1.807) is 13.0 Å². The van der Waals surface area contributed by atoms with Crippen molar-refractivity contribution in [2.75, 3.05) is 13.1 Å². The van der Waals surface area contributed by atoms with Crippen molar-refractivity contribution < 1.29 is 14.0 Å². The fourth-order valence-corrected chi connectivity index (χ4v) is 2.15. The van der Waals surface area contributed by atoms with Crippen molar-refractivity contribution in [2.24, 2.45) is 0 Å². The maximum absolute atomic E-state index is 13.0. The molecule has 1 unspecified atom stereocenters. The summed E-state index contributed by atoms with van der Waals surface area (Å²) in [5.41, 5.74) is 0.624. The van der Waals surface area contributed by atoms with Crippen molar-refractivity contribution in [2.45, 2.75) is 13.0 Å². The molecule has 4 nitrogen and oxygen atoms in total. The second-order valence-electron chi connectivity index (χ2n) is 4.51. The summed E-state index contributed by atoms with van der Waals surface area (Å²) >= 11 is 5.66. The van der Waals surface area contributed by atoms with Crippen molar-refractivity contribution in [3.05, 3.63) is 40.7 Å². The van der Waals surface area contributed by atoms with Gasteiger partial charge in [0.25, 0.3) is 0 Å². The van der Waals surface area contributed by atoms with E-state index in [2.05, 4.69) is 5.32 Å². The number of hydrogen-bond donors (Lipinski definition) is 1. The predicted molar refractivity (Wildman–Crippen MR) is 74.6 cm³/mol. The van der Waals surface area contributed by atoms with Crippen molar-refractivity contribution in [3.63, 3.8) is 0 Å². The van der Waals surface area contributed by atoms with Gasteiger partial charge in [-0.25, -0.2) is 4.39 Å². The first-order valence-electron chi connectivity index (χ1n) is 6.20. The van der Waals surface area contributed by atoms with Crippen LogP contribution in [-0.2, 0) is 9.59 Å². The Hall–Kier alpha value is -1.88. The highest BCUT2D eigenvalue weighted by Gasteiger charge is 2.27. The first kappa shape index (κ1) is 14.5. The Morgan fingerprint density at radius 2 is 2.30 bits per heavy atom. The lowest BCUT2D eigenvalue weighted by Gasteiger charge is -2.31. The molecule has 1 aromatic rings. The number of benzene rings is 1. The summed E-state index contributed by atoms with van der Waals surface area (Å²) in [5.74, 6) is -0.924. The van der Waals surface area contributed by atoms with Crippen LogP contribution in [0.2, 0.25) is 5.02 Å². The van der Waals surface area contributed by atoms with Crippen LogP contribution >= 0.6 is 11.6 Å². The van der Waals surface area contributed by atoms with Crippen LogP contribution in [0.15, 0.2) is 24.3 Å². The Bertz CT molecular complexity index is 574. The van der Waals surface area contributed by atoms with Gasteiger partial charge in [0, 0.05) is 19.2 Å². The lowest BCUT2D eigenvalue weighted by molar-refractivity contribution is -0.139. The second-order valence-corrected chi connectivity index (χ2v) is 4.91. The molecule has 0 aromatic heterocycles. The van der Waals surface area contributed by atoms with Gasteiger partial charge in [0.05, 0.1) is 5.02 Å². The molecule has 2 amide bonds. The predicted octanol–water partition coefficient (Wildman–Crippen LogP) is 1.84. The molecular weight excluding hydrogens is 283 g/mol. The molecule has 1 aromatic carbocycles. The lowest BCUT2D eigenvalue weighted by Crippen LogP contribution is -2.55. The molecule has 1 aliphatic rings. The Kier molecular flexibility index (Phi) is 4.39. The molecule has 106 valence electrons. The van der Waals surface area contributed by atoms with E-state index in [0.717, 1.165) is 0 Å². The van der Waals surface area contributed by atoms with Crippen LogP contribution in [0.25, 0.3) is 6.08 Å². The van der Waals surface area contributed by atoms with E-state index in [4.69, 9.17) is 11.6 Å². The molecule has 1 aliphatic heterocycles. The molecule has 0 aliphatic carbocycles. The van der Waals surface area contributed by atoms with E-state index in [1.807, 2.05) is 0 Å². The van der Waals surface area contributed by atoms with Gasteiger partial charge in [0.15, 0.2) is 0 Å². The van der Waals surface area contributed by atoms with E-state index >= 15 is 0 Å². The third-order valence-corrected chi connectivity index (χ3v) is 3.43. The number of nitrogens with one attached hydrogen (secondary N) is 1. The van der Waals surface area contributed by atoms with Crippen LogP contribution in [-0.4, -0.2) is 35.8 Å². The number of rotatable bonds is 2. The van der Waals surface area contributed by atoms with Gasteiger partial charge in [-0.2, -0.15) is 0 Å². The summed E-state index contributed by atoms with van der Waals surface area (Å²) in [4.78, 5) is 25.0. The van der Waals surface area contributed by atoms with Crippen molar-refractivity contribution in [3.8, 4) is 0 Å². The molecule has 1 atom stereocenters. The van der Waals surface area contributed by atoms with Gasteiger partial charge in [-0.05, 0) is 30.7 Å². The van der Waals surface area contributed by atoms with Crippen LogP contribution in [0.4, 0.5) is 4.39 Å². The zero-order valence-electron chi connectivity index (χ0n) is 10.9. The molecular formula is C14H14ClFN2O2. The average Bonchev–Trinajstić information content (AvgIpc) is 2.43. The fraction of sp³-hybridized carbons (Fsp3) is 0.286. The Balaban J connectivity index is 2.08. The molecule has 0 saturated carbocycles. The zero-order valence-corrected chi connectivity index (χ0v) is 11.7. The number of carbonyl (C=O) groups excluding carboxylic acids is 2. The largest absolute Gasteiger partial charge is 0.353 e. The van der Waals surface area contributed by atoms with Gasteiger partial charge < -0.3 is 10.2 Å². The monoisotopic (exact) mass is 296 g/mol. The highest BCUT2D eigenvalue weighted by Crippen LogP contribution is 2.17. The standard InChI is InChI=1S/C14H14ClFN2O2/c1-9-14(20)17-6-7-18(9)13(19)5-3-10-2-4-12(16)11(15)8-10/h2-5,8-9H,6-7H2,1H3,(H,17,20). The van der Waals surface area contributed by atoms with Gasteiger partial charge in [0.1, 0.15) is 11.9 Å². The van der Waals surface area contributed by atoms with Crippen LogP contribution < -0.4 is 5.32 Å². The van der Waals surface area contributed by atoms with E-state index in [9.17, 15) is 14.0 Å². The van der Waals surface area contributed by atoms with Crippen LogP contribution in [0, 0.1) is 5.82 Å². The van der Waals surface area contributed by atoms with Gasteiger partial charge in [-0.1, -0.05) is 17.7 Å². The molecule has 20 heavy (non-hydrogen) atoms. The summed E-state index contributed by atoms with van der Waals surface area (Å²) in [6.07, 6.45) is 2.91. The first-order valence-corrected chi connectivity index (χ1v) is 6.58. The normalized spacial score (nSPS) is 19.2. The summed E-state index contributed by atoms with van der Waals surface area (Å²) in [7, 11) is 0. The van der Waals surface area contributed by atoms with Crippen molar-refractivity contribution in [1.82, 2.24) is 10.2 Å². The summed E-state index contributed by atoms with van der Waals surface area (Å²) in [6.45, 7) is 2.60. The molecule has 1 saturated heterocycles. The van der Waals surface area contributed by atoms with Gasteiger partial charge in [-0.15, -0.1) is 0 Å². The minimum Gasteiger partial charge on any atom is -0.353 e. The highest BCUT2D eigenvalue weighted by molar-refractivity contribution is 6.30. The Morgan fingerprint density at radius 3 is 3.00 bits per heavy atom. The lowest BCUT2D eigenvalue weighted by atomic mass is 10.1. The maximum Gasteiger partial charge on any atom is 0.247 e. The maximum atomic E-state index is 13.0. The SMILES string of the molecule is CC1C(=O)NCCN1C(=O)C=Cc1ccc(F)c(Cl)c1. The van der Waals surface area contributed by atoms with Crippen LogP contribution in [0.1, 0.15) is 12.5 Å². The number of piperazine rings is 1. The number of nitrogens with zero attached hydrogens (tertiary/aromatic N) is 1. The molecule has 6 heteroatoms. The van der Waals surface area contributed by atoms with Crippen molar-refractivity contribution >= 4 is 29.5 Å². The smallest absolute Gasteiger partial charge is 0.247 e. The van der Waals surface area contributed by atoms with E-state index < -0.39 is 11.9 Å². The minimum atomic E-state index is -0.503. The fourth-order valence-electron chi connectivity index (χ4n) is 1.96. The Morgan fingerprint density at radius 1 is 1.55 bits per heavy atom. The molecule has 2 rings (SSSR count). The number of halogens is 2. The Labute approximate surface area is 121 Å². The second kappa shape index (κ2) is 6.05. The van der Waals surface area contributed by atoms with Crippen LogP contribution in [0.5, 0.6) is 0 Å². The number of carbonyl (C=O) groups is 2. The highest BCUT2D eigenvalue weighted by atomic mass is 35.5. The minimum absolute atomic E-state index is 0.00492. The third-order valence-electron chi connectivity index (χ3n) is 3.14. The van der Waals surface area contributed by atoms with Gasteiger partial charge >= 0.3 is 0 Å². The average molecular weight is 297 g/mol. The number of hydrogen-bond acceptors (Lipinski definition) is 2. The van der Waals surface area contributed by atoms with Gasteiger partial charge in [-0.3, -0.25) is 9.59 Å². The zero-order chi connectivity index (χ0) is 14.7. The van der Waals surface area contributed by atoms with Gasteiger partial charge in [0.2, 0.25) is 11.8 Å². The molecule has 0 bridgehead atoms. The molecule has 1 N–H and O–H groups in total. The van der Waals surface area contributed by atoms with E-state index in [-0.39, 0.29) is 16.8 Å². The van der Waals surface area contributed by atoms with Crippen LogP contribution in [0.3, 0.4) is 0 Å². The molecule has 0 spiro atoms. The third kappa shape index (κ3) is 3.17. The first-order chi connectivity index (χ1) is 9.49. The number of amides is 2. The summed E-state index contributed by atoms with van der Waals surface area (Å²) in [5, 5.41) is 2.69. The van der Waals surface area contributed by atoms with E-state index in [0.29, 0.717) is 18.7 Å². The topological polar surface area (TPSA) is 49.4 Å². The van der Waals surface area contributed by atoms with E-state index in [1.165, 1.54) is 29.2 Å². The summed E-state index contributed by atoms with van der Waals surface area (Å²) < 4.78 is 13.0. The molecule has 0 radical (unpaired) electrons. The summed E-state index contributed by atoms with van der Waals surface area (Å²) in [6, 6.07) is 3.71.